The van der Waals surface area contributed by atoms with Crippen molar-refractivity contribution in [2.75, 3.05) is 0 Å². The normalized spacial score (nSPS) is 62.4. The zero-order chi connectivity index (χ0) is 17.8. The number of carbonyl (C=O) groups is 1. The van der Waals surface area contributed by atoms with Gasteiger partial charge in [-0.3, -0.25) is 4.79 Å². The number of carbonyl (C=O) groups excluding carboxylic acids is 1. The van der Waals surface area contributed by atoms with Gasteiger partial charge in [0.2, 0.25) is 0 Å². The van der Waals surface area contributed by atoms with Crippen LogP contribution in [0.4, 0.5) is 0 Å². The highest BCUT2D eigenvalue weighted by Crippen LogP contribution is 2.77. The summed E-state index contributed by atoms with van der Waals surface area (Å²) in [6.45, 7) is 8.84. The average Bonchev–Trinajstić information content (AvgIpc) is 3.13. The molecule has 0 aromatic rings. The molecular weight excluding hydrogens is 312 g/mol. The van der Waals surface area contributed by atoms with Crippen LogP contribution < -0.4 is 0 Å². The second kappa shape index (κ2) is 4.70. The molecule has 0 aromatic heterocycles. The third kappa shape index (κ3) is 1.74. The van der Waals surface area contributed by atoms with Crippen molar-refractivity contribution in [1.82, 2.24) is 0 Å². The van der Waals surface area contributed by atoms with E-state index in [1.807, 2.05) is 0 Å². The third-order valence-corrected chi connectivity index (χ3v) is 10.0. The lowest BCUT2D eigenvalue weighted by atomic mass is 9.44. The first-order valence-electron chi connectivity index (χ1n) is 10.6. The molecule has 0 unspecified atom stereocenters. The summed E-state index contributed by atoms with van der Waals surface area (Å²) in [5, 5.41) is 10.2. The summed E-state index contributed by atoms with van der Waals surface area (Å²) in [4.78, 5) is 12.6. The minimum absolute atomic E-state index is 0.0339. The number of aliphatic hydroxyl groups is 1. The van der Waals surface area contributed by atoms with Crippen molar-refractivity contribution in [3.8, 4) is 0 Å². The summed E-state index contributed by atoms with van der Waals surface area (Å²) >= 11 is 0. The first-order valence-corrected chi connectivity index (χ1v) is 10.6. The Morgan fingerprint density at radius 3 is 2.52 bits per heavy atom. The topological polar surface area (TPSA) is 49.8 Å². The second-order valence-corrected chi connectivity index (χ2v) is 10.8. The van der Waals surface area contributed by atoms with E-state index >= 15 is 0 Å². The van der Waals surface area contributed by atoms with Gasteiger partial charge in [-0.25, -0.2) is 0 Å². The maximum absolute atomic E-state index is 12.6. The molecular formula is C22H34O3. The van der Waals surface area contributed by atoms with Crippen LogP contribution in [0.3, 0.4) is 0 Å². The summed E-state index contributed by atoms with van der Waals surface area (Å²) in [6, 6.07) is 0. The van der Waals surface area contributed by atoms with E-state index in [2.05, 4.69) is 20.8 Å². The number of hydrogen-bond donors (Lipinski definition) is 1. The zero-order valence-corrected chi connectivity index (χ0v) is 16.3. The molecule has 4 saturated carbocycles. The maximum Gasteiger partial charge on any atom is 0.165 e. The van der Waals surface area contributed by atoms with Crippen LogP contribution in [0.2, 0.25) is 0 Å². The van der Waals surface area contributed by atoms with Gasteiger partial charge in [-0.2, -0.15) is 0 Å². The fraction of sp³-hybridized carbons (Fsp3) is 0.955. The molecule has 3 heteroatoms. The van der Waals surface area contributed by atoms with E-state index in [4.69, 9.17) is 4.74 Å². The SMILES string of the molecule is CC(=O)[C@]12O[C@]1(C)C[C@H]1[C@@H]3CC[C@@H]4C[C@@H](O)CC[C@]4(C)[C@H]3CC[C@@]12C. The molecule has 140 valence electrons. The highest BCUT2D eigenvalue weighted by Gasteiger charge is 2.85. The van der Waals surface area contributed by atoms with Gasteiger partial charge >= 0.3 is 0 Å². The van der Waals surface area contributed by atoms with Gasteiger partial charge < -0.3 is 9.84 Å². The monoisotopic (exact) mass is 346 g/mol. The number of rotatable bonds is 1. The molecule has 9 atom stereocenters. The fourth-order valence-electron chi connectivity index (χ4n) is 8.85. The van der Waals surface area contributed by atoms with Crippen molar-refractivity contribution in [2.24, 2.45) is 34.5 Å². The quantitative estimate of drug-likeness (QED) is 0.727. The summed E-state index contributed by atoms with van der Waals surface area (Å²) in [5.74, 6) is 3.13. The highest BCUT2D eigenvalue weighted by atomic mass is 16.6. The van der Waals surface area contributed by atoms with E-state index in [1.54, 1.807) is 6.92 Å². The Morgan fingerprint density at radius 2 is 1.80 bits per heavy atom. The Labute approximate surface area is 151 Å². The van der Waals surface area contributed by atoms with Crippen molar-refractivity contribution in [3.05, 3.63) is 0 Å². The summed E-state index contributed by atoms with van der Waals surface area (Å²) in [5.41, 5.74) is -0.253. The third-order valence-electron chi connectivity index (χ3n) is 10.0. The van der Waals surface area contributed by atoms with Gasteiger partial charge in [0.05, 0.1) is 6.10 Å². The number of aliphatic hydroxyl groups excluding tert-OH is 1. The summed E-state index contributed by atoms with van der Waals surface area (Å²) in [7, 11) is 0. The molecule has 5 aliphatic rings. The molecule has 1 heterocycles. The molecule has 5 rings (SSSR count). The van der Waals surface area contributed by atoms with Crippen molar-refractivity contribution in [1.29, 1.82) is 0 Å². The van der Waals surface area contributed by atoms with E-state index in [1.165, 1.54) is 25.7 Å². The summed E-state index contributed by atoms with van der Waals surface area (Å²) in [6.07, 6.45) is 9.14. The molecule has 1 N–H and O–H groups in total. The molecule has 25 heavy (non-hydrogen) atoms. The second-order valence-electron chi connectivity index (χ2n) is 10.8. The predicted molar refractivity (Wildman–Crippen MR) is 96.0 cm³/mol. The molecule has 0 spiro atoms. The summed E-state index contributed by atoms with van der Waals surface area (Å²) < 4.78 is 6.20. The Balaban J connectivity index is 1.49. The smallest absolute Gasteiger partial charge is 0.165 e. The molecule has 1 aliphatic heterocycles. The van der Waals surface area contributed by atoms with Gasteiger partial charge in [-0.05, 0) is 94.3 Å². The molecule has 3 nitrogen and oxygen atoms in total. The van der Waals surface area contributed by atoms with E-state index in [9.17, 15) is 9.90 Å². The van der Waals surface area contributed by atoms with Crippen LogP contribution in [0.1, 0.15) is 79.1 Å². The number of Topliss-reactive ketones (excluding diaryl/α,β-unsaturated/α-hetero) is 1. The van der Waals surface area contributed by atoms with Crippen LogP contribution in [0, 0.1) is 34.5 Å². The largest absolute Gasteiger partial charge is 0.393 e. The van der Waals surface area contributed by atoms with Crippen LogP contribution in [0.25, 0.3) is 0 Å². The number of ketones is 1. The van der Waals surface area contributed by atoms with Crippen molar-refractivity contribution in [2.45, 2.75) is 96.4 Å². The average molecular weight is 347 g/mol. The predicted octanol–water partition coefficient (Wildman–Crippen LogP) is 4.12. The Hall–Kier alpha value is -0.410. The number of epoxide rings is 1. The first kappa shape index (κ1) is 16.7. The first-order chi connectivity index (χ1) is 11.7. The Bertz CT molecular complexity index is 631. The van der Waals surface area contributed by atoms with Gasteiger partial charge in [0.1, 0.15) is 5.60 Å². The molecule has 0 bridgehead atoms. The van der Waals surface area contributed by atoms with E-state index in [0.29, 0.717) is 17.3 Å². The lowest BCUT2D eigenvalue weighted by Crippen LogP contribution is -2.56. The van der Waals surface area contributed by atoms with Crippen LogP contribution in [-0.2, 0) is 9.53 Å². The van der Waals surface area contributed by atoms with Crippen LogP contribution in [0.5, 0.6) is 0 Å². The van der Waals surface area contributed by atoms with Crippen molar-refractivity contribution < 1.29 is 14.6 Å². The Kier molecular flexibility index (Phi) is 3.15. The van der Waals surface area contributed by atoms with Gasteiger partial charge in [0.15, 0.2) is 11.4 Å². The van der Waals surface area contributed by atoms with E-state index in [0.717, 1.165) is 37.5 Å². The fourth-order valence-corrected chi connectivity index (χ4v) is 8.85. The molecule has 0 radical (unpaired) electrons. The molecule has 0 amide bonds. The maximum atomic E-state index is 12.6. The lowest BCUT2D eigenvalue weighted by molar-refractivity contribution is -0.152. The molecule has 4 aliphatic carbocycles. The molecule has 1 saturated heterocycles. The number of fused-ring (bicyclic) bond motifs is 7. The standard InChI is InChI=1S/C22H34O3/c1-13(23)22-20(3)10-8-17-16(18(20)12-21(22,4)25-22)6-5-14-11-15(24)7-9-19(14,17)2/h14-18,24H,5-12H2,1-4H3/t14-,15+,16-,17+,18+,19+,20+,21-,22-/m1/s1. The van der Waals surface area contributed by atoms with Gasteiger partial charge in [0.25, 0.3) is 0 Å². The number of hydrogen-bond acceptors (Lipinski definition) is 3. The van der Waals surface area contributed by atoms with Gasteiger partial charge in [-0.1, -0.05) is 13.8 Å². The van der Waals surface area contributed by atoms with Crippen LogP contribution in [-0.4, -0.2) is 28.2 Å². The van der Waals surface area contributed by atoms with Gasteiger partial charge in [0, 0.05) is 5.41 Å². The van der Waals surface area contributed by atoms with Crippen LogP contribution >= 0.6 is 0 Å². The highest BCUT2D eigenvalue weighted by molar-refractivity contribution is 5.91. The van der Waals surface area contributed by atoms with Crippen molar-refractivity contribution >= 4 is 5.78 Å². The molecule has 5 fully saturated rings. The minimum atomic E-state index is -0.490. The molecule has 0 aromatic carbocycles. The van der Waals surface area contributed by atoms with Crippen molar-refractivity contribution in [3.63, 3.8) is 0 Å². The number of ether oxygens (including phenoxy) is 1. The van der Waals surface area contributed by atoms with Gasteiger partial charge in [-0.15, -0.1) is 0 Å². The minimum Gasteiger partial charge on any atom is -0.393 e. The van der Waals surface area contributed by atoms with Crippen LogP contribution in [0.15, 0.2) is 0 Å². The Morgan fingerprint density at radius 1 is 1.04 bits per heavy atom. The lowest BCUT2D eigenvalue weighted by Gasteiger charge is -2.61. The zero-order valence-electron chi connectivity index (χ0n) is 16.3. The van der Waals surface area contributed by atoms with E-state index in [-0.39, 0.29) is 22.9 Å². The van der Waals surface area contributed by atoms with E-state index < -0.39 is 5.60 Å².